The molecule has 1 aliphatic rings. The Balaban J connectivity index is 2.16. The van der Waals surface area contributed by atoms with E-state index in [1.54, 1.807) is 18.2 Å². The minimum absolute atomic E-state index is 0.164. The van der Waals surface area contributed by atoms with Crippen molar-refractivity contribution in [2.45, 2.75) is 38.1 Å². The van der Waals surface area contributed by atoms with Gasteiger partial charge >= 0.3 is 0 Å². The van der Waals surface area contributed by atoms with Crippen LogP contribution in [0.1, 0.15) is 31.7 Å². The van der Waals surface area contributed by atoms with Gasteiger partial charge in [-0.2, -0.15) is 0 Å². The molecule has 1 N–H and O–H groups in total. The number of carbonyl (C=O) groups excluding carboxylic acids is 1. The van der Waals surface area contributed by atoms with Gasteiger partial charge in [-0.1, -0.05) is 29.3 Å². The van der Waals surface area contributed by atoms with E-state index in [0.29, 0.717) is 16.5 Å². The highest BCUT2D eigenvalue weighted by atomic mass is 35.5. The summed E-state index contributed by atoms with van der Waals surface area (Å²) in [6.07, 6.45) is 3.40. The van der Waals surface area contributed by atoms with Crippen LogP contribution in [0.5, 0.6) is 0 Å². The van der Waals surface area contributed by atoms with E-state index in [-0.39, 0.29) is 5.78 Å². The number of hydrogen-bond donors (Lipinski definition) is 1. The molecular formula is C14H17Cl2NO. The summed E-state index contributed by atoms with van der Waals surface area (Å²) in [6, 6.07) is 5.33. The number of nitrogens with one attached hydrogen (secondary N) is 1. The van der Waals surface area contributed by atoms with Gasteiger partial charge < -0.3 is 5.32 Å². The van der Waals surface area contributed by atoms with Crippen LogP contribution >= 0.6 is 23.2 Å². The third-order valence-corrected chi connectivity index (χ3v) is 4.34. The minimum atomic E-state index is -0.430. The van der Waals surface area contributed by atoms with E-state index in [1.807, 2.05) is 6.92 Å². The summed E-state index contributed by atoms with van der Waals surface area (Å²) in [6.45, 7) is 2.87. The Labute approximate surface area is 118 Å². The van der Waals surface area contributed by atoms with Crippen LogP contribution in [-0.2, 0) is 11.2 Å². The Morgan fingerprint density at radius 3 is 2.56 bits per heavy atom. The number of halogens is 2. The predicted octanol–water partition coefficient (Wildman–Crippen LogP) is 3.64. The Bertz CT molecular complexity index is 433. The highest BCUT2D eigenvalue weighted by Gasteiger charge is 2.34. The maximum absolute atomic E-state index is 12.4. The predicted molar refractivity (Wildman–Crippen MR) is 75.4 cm³/mol. The zero-order valence-corrected chi connectivity index (χ0v) is 11.9. The molecule has 2 rings (SSSR count). The lowest BCUT2D eigenvalue weighted by Gasteiger charge is -2.33. The lowest BCUT2D eigenvalue weighted by Crippen LogP contribution is -2.52. The summed E-state index contributed by atoms with van der Waals surface area (Å²) in [4.78, 5) is 12.4. The first kappa shape index (κ1) is 13.9. The van der Waals surface area contributed by atoms with Crippen molar-refractivity contribution >= 4 is 29.0 Å². The van der Waals surface area contributed by atoms with Crippen molar-refractivity contribution < 1.29 is 4.79 Å². The van der Waals surface area contributed by atoms with E-state index in [9.17, 15) is 4.79 Å². The second kappa shape index (κ2) is 5.60. The van der Waals surface area contributed by atoms with Gasteiger partial charge in [0.2, 0.25) is 0 Å². The van der Waals surface area contributed by atoms with Crippen LogP contribution in [0, 0.1) is 0 Å². The van der Waals surface area contributed by atoms with Gasteiger partial charge in [-0.25, -0.2) is 0 Å². The van der Waals surface area contributed by atoms with E-state index in [4.69, 9.17) is 23.2 Å². The average Bonchev–Trinajstić information content (AvgIpc) is 2.34. The molecular weight excluding hydrogens is 269 g/mol. The highest BCUT2D eigenvalue weighted by molar-refractivity contribution is 6.36. The van der Waals surface area contributed by atoms with Crippen LogP contribution in [0.3, 0.4) is 0 Å². The molecule has 0 amide bonds. The fourth-order valence-corrected chi connectivity index (χ4v) is 2.88. The first-order valence-corrected chi connectivity index (χ1v) is 7.00. The van der Waals surface area contributed by atoms with Crippen molar-refractivity contribution in [2.24, 2.45) is 0 Å². The van der Waals surface area contributed by atoms with Crippen LogP contribution in [0.15, 0.2) is 18.2 Å². The minimum Gasteiger partial charge on any atom is -0.305 e. The van der Waals surface area contributed by atoms with E-state index in [1.165, 1.54) is 0 Å². The highest BCUT2D eigenvalue weighted by Crippen LogP contribution is 2.28. The van der Waals surface area contributed by atoms with Crippen molar-refractivity contribution in [1.82, 2.24) is 5.32 Å². The van der Waals surface area contributed by atoms with E-state index in [2.05, 4.69) is 5.32 Å². The largest absolute Gasteiger partial charge is 0.305 e. The van der Waals surface area contributed by atoms with E-state index >= 15 is 0 Å². The number of ketones is 1. The monoisotopic (exact) mass is 285 g/mol. The second-order valence-electron chi connectivity index (χ2n) is 5.02. The van der Waals surface area contributed by atoms with Gasteiger partial charge in [0.1, 0.15) is 0 Å². The van der Waals surface area contributed by atoms with Crippen molar-refractivity contribution in [3.05, 3.63) is 33.8 Å². The Morgan fingerprint density at radius 2 is 2.00 bits per heavy atom. The van der Waals surface area contributed by atoms with Gasteiger partial charge in [0.15, 0.2) is 5.78 Å². The first-order chi connectivity index (χ1) is 8.53. The zero-order valence-electron chi connectivity index (χ0n) is 10.4. The molecule has 1 unspecified atom stereocenters. The van der Waals surface area contributed by atoms with E-state index in [0.717, 1.165) is 31.4 Å². The smallest absolute Gasteiger partial charge is 0.157 e. The van der Waals surface area contributed by atoms with Crippen molar-refractivity contribution in [2.75, 3.05) is 6.54 Å². The number of piperidine rings is 1. The number of benzene rings is 1. The lowest BCUT2D eigenvalue weighted by molar-refractivity contribution is -0.125. The third-order valence-electron chi connectivity index (χ3n) is 3.63. The SMILES string of the molecule is CC1(C(=O)Cc2c(Cl)cccc2Cl)CCCCN1. The molecule has 1 atom stereocenters. The van der Waals surface area contributed by atoms with Gasteiger partial charge in [0.25, 0.3) is 0 Å². The van der Waals surface area contributed by atoms with E-state index < -0.39 is 5.54 Å². The maximum atomic E-state index is 12.4. The summed E-state index contributed by atoms with van der Waals surface area (Å²) in [5, 5.41) is 4.45. The molecule has 1 fully saturated rings. The Morgan fingerprint density at radius 1 is 1.33 bits per heavy atom. The maximum Gasteiger partial charge on any atom is 0.157 e. The number of rotatable bonds is 3. The molecule has 4 heteroatoms. The van der Waals surface area contributed by atoms with Crippen LogP contribution < -0.4 is 5.32 Å². The molecule has 0 aliphatic carbocycles. The molecule has 0 spiro atoms. The quantitative estimate of drug-likeness (QED) is 0.919. The summed E-state index contributed by atoms with van der Waals surface area (Å²) in [5.74, 6) is 0.164. The fraction of sp³-hybridized carbons (Fsp3) is 0.500. The molecule has 98 valence electrons. The van der Waals surface area contributed by atoms with Crippen LogP contribution in [0.25, 0.3) is 0 Å². The average molecular weight is 286 g/mol. The first-order valence-electron chi connectivity index (χ1n) is 6.24. The second-order valence-corrected chi connectivity index (χ2v) is 5.83. The molecule has 1 aliphatic heterocycles. The fourth-order valence-electron chi connectivity index (χ4n) is 2.35. The van der Waals surface area contributed by atoms with Crippen molar-refractivity contribution in [1.29, 1.82) is 0 Å². The molecule has 1 saturated heterocycles. The summed E-state index contributed by atoms with van der Waals surface area (Å²) in [5.41, 5.74) is 0.306. The number of hydrogen-bond acceptors (Lipinski definition) is 2. The molecule has 2 nitrogen and oxygen atoms in total. The molecule has 1 aromatic carbocycles. The standard InChI is InChI=1S/C14H17Cl2NO/c1-14(7-2-3-8-17-14)13(18)9-10-11(15)5-4-6-12(10)16/h4-6,17H,2-3,7-9H2,1H3. The Hall–Kier alpha value is -0.570. The summed E-state index contributed by atoms with van der Waals surface area (Å²) in [7, 11) is 0. The topological polar surface area (TPSA) is 29.1 Å². The molecule has 1 heterocycles. The lowest BCUT2D eigenvalue weighted by atomic mass is 9.84. The number of Topliss-reactive ketones (excluding diaryl/α,β-unsaturated/α-hetero) is 1. The summed E-state index contributed by atoms with van der Waals surface area (Å²) >= 11 is 12.2. The van der Waals surface area contributed by atoms with Gasteiger partial charge in [0, 0.05) is 16.5 Å². The third kappa shape index (κ3) is 2.87. The molecule has 1 aromatic rings. The van der Waals surface area contributed by atoms with Crippen LogP contribution in [0.2, 0.25) is 10.0 Å². The number of carbonyl (C=O) groups is 1. The normalized spacial score (nSPS) is 23.9. The molecule has 18 heavy (non-hydrogen) atoms. The van der Waals surface area contributed by atoms with Crippen LogP contribution in [-0.4, -0.2) is 17.9 Å². The molecule has 0 bridgehead atoms. The molecule has 0 aromatic heterocycles. The van der Waals surface area contributed by atoms with Gasteiger partial charge in [0.05, 0.1) is 5.54 Å². The summed E-state index contributed by atoms with van der Waals surface area (Å²) < 4.78 is 0. The zero-order chi connectivity index (χ0) is 13.2. The molecule has 0 radical (unpaired) electrons. The Kier molecular flexibility index (Phi) is 4.31. The van der Waals surface area contributed by atoms with Crippen molar-refractivity contribution in [3.63, 3.8) is 0 Å². The van der Waals surface area contributed by atoms with Gasteiger partial charge in [-0.3, -0.25) is 4.79 Å². The molecule has 0 saturated carbocycles. The van der Waals surface area contributed by atoms with Crippen LogP contribution in [0.4, 0.5) is 0 Å². The van der Waals surface area contributed by atoms with Crippen molar-refractivity contribution in [3.8, 4) is 0 Å². The van der Waals surface area contributed by atoms with Gasteiger partial charge in [-0.05, 0) is 50.4 Å². The van der Waals surface area contributed by atoms with Gasteiger partial charge in [-0.15, -0.1) is 0 Å².